The van der Waals surface area contributed by atoms with E-state index in [0.717, 1.165) is 12.3 Å². The molecule has 0 aliphatic rings. The molecular formula is C13H9F2NO2. The zero-order valence-electron chi connectivity index (χ0n) is 9.23. The number of benzene rings is 1. The van der Waals surface area contributed by atoms with Gasteiger partial charge in [0.2, 0.25) is 0 Å². The first-order valence-corrected chi connectivity index (χ1v) is 5.18. The first-order chi connectivity index (χ1) is 8.56. The second-order valence-electron chi connectivity index (χ2n) is 3.74. The van der Waals surface area contributed by atoms with Crippen LogP contribution in [-0.2, 0) is 11.2 Å². The van der Waals surface area contributed by atoms with Gasteiger partial charge in [0.15, 0.2) is 0 Å². The lowest BCUT2D eigenvalue weighted by atomic mass is 10.0. The molecule has 1 aromatic heterocycles. The van der Waals surface area contributed by atoms with E-state index in [-0.39, 0.29) is 12.0 Å². The van der Waals surface area contributed by atoms with Crippen LogP contribution in [0.2, 0.25) is 0 Å². The Morgan fingerprint density at radius 3 is 2.44 bits per heavy atom. The quantitative estimate of drug-likeness (QED) is 0.909. The first kappa shape index (κ1) is 12.2. The van der Waals surface area contributed by atoms with Crippen molar-refractivity contribution in [1.82, 2.24) is 4.98 Å². The van der Waals surface area contributed by atoms with E-state index in [1.807, 2.05) is 0 Å². The smallest absolute Gasteiger partial charge is 0.307 e. The van der Waals surface area contributed by atoms with Crippen LogP contribution in [-0.4, -0.2) is 16.1 Å². The predicted octanol–water partition coefficient (Wildman–Crippen LogP) is 2.65. The van der Waals surface area contributed by atoms with Crippen LogP contribution in [0.1, 0.15) is 5.56 Å². The van der Waals surface area contributed by atoms with Crippen LogP contribution in [0.25, 0.3) is 11.3 Å². The van der Waals surface area contributed by atoms with Gasteiger partial charge in [-0.05, 0) is 35.9 Å². The van der Waals surface area contributed by atoms with Gasteiger partial charge in [-0.15, -0.1) is 0 Å². The van der Waals surface area contributed by atoms with Crippen molar-refractivity contribution in [3.63, 3.8) is 0 Å². The van der Waals surface area contributed by atoms with Crippen molar-refractivity contribution in [3.05, 3.63) is 53.7 Å². The summed E-state index contributed by atoms with van der Waals surface area (Å²) in [6, 6.07) is 6.55. The SMILES string of the molecule is O=C(O)Cc1cc(F)cnc1-c1ccc(F)cc1. The van der Waals surface area contributed by atoms with Crippen LogP contribution in [0.4, 0.5) is 8.78 Å². The fourth-order valence-electron chi connectivity index (χ4n) is 1.65. The minimum absolute atomic E-state index is 0.258. The summed E-state index contributed by atoms with van der Waals surface area (Å²) >= 11 is 0. The molecular weight excluding hydrogens is 240 g/mol. The molecule has 1 N–H and O–H groups in total. The number of hydrogen-bond donors (Lipinski definition) is 1. The molecule has 0 aliphatic carbocycles. The van der Waals surface area contributed by atoms with Gasteiger partial charge in [-0.3, -0.25) is 9.78 Å². The zero-order chi connectivity index (χ0) is 13.1. The summed E-state index contributed by atoms with van der Waals surface area (Å²) < 4.78 is 25.9. The van der Waals surface area contributed by atoms with Crippen molar-refractivity contribution in [3.8, 4) is 11.3 Å². The molecule has 2 aromatic rings. The normalized spacial score (nSPS) is 10.3. The summed E-state index contributed by atoms with van der Waals surface area (Å²) in [5, 5.41) is 8.76. The topological polar surface area (TPSA) is 50.2 Å². The molecule has 2 rings (SSSR count). The molecule has 0 saturated carbocycles. The predicted molar refractivity (Wildman–Crippen MR) is 60.9 cm³/mol. The Morgan fingerprint density at radius 2 is 1.83 bits per heavy atom. The summed E-state index contributed by atoms with van der Waals surface area (Å²) in [7, 11) is 0. The Bertz CT molecular complexity index is 582. The minimum atomic E-state index is -1.08. The molecule has 0 bridgehead atoms. The first-order valence-electron chi connectivity index (χ1n) is 5.18. The van der Waals surface area contributed by atoms with Gasteiger partial charge in [0.1, 0.15) is 11.6 Å². The molecule has 1 aromatic carbocycles. The molecule has 1 heterocycles. The number of hydrogen-bond acceptors (Lipinski definition) is 2. The molecule has 0 spiro atoms. The highest BCUT2D eigenvalue weighted by Gasteiger charge is 2.11. The third-order valence-electron chi connectivity index (χ3n) is 2.39. The monoisotopic (exact) mass is 249 g/mol. The second-order valence-corrected chi connectivity index (χ2v) is 3.74. The summed E-state index contributed by atoms with van der Waals surface area (Å²) in [6.45, 7) is 0. The third kappa shape index (κ3) is 2.68. The minimum Gasteiger partial charge on any atom is -0.481 e. The van der Waals surface area contributed by atoms with Gasteiger partial charge in [0.25, 0.3) is 0 Å². The lowest BCUT2D eigenvalue weighted by molar-refractivity contribution is -0.136. The maximum absolute atomic E-state index is 13.1. The van der Waals surface area contributed by atoms with Gasteiger partial charge in [-0.1, -0.05) is 0 Å². The van der Waals surface area contributed by atoms with Gasteiger partial charge >= 0.3 is 5.97 Å². The van der Waals surface area contributed by atoms with Crippen molar-refractivity contribution in [2.45, 2.75) is 6.42 Å². The summed E-state index contributed by atoms with van der Waals surface area (Å²) in [5.74, 6) is -2.08. The van der Waals surface area contributed by atoms with E-state index in [1.54, 1.807) is 0 Å². The van der Waals surface area contributed by atoms with Crippen LogP contribution >= 0.6 is 0 Å². The Morgan fingerprint density at radius 1 is 1.17 bits per heavy atom. The van der Waals surface area contributed by atoms with Gasteiger partial charge in [-0.25, -0.2) is 8.78 Å². The Hall–Kier alpha value is -2.30. The van der Waals surface area contributed by atoms with E-state index in [2.05, 4.69) is 4.98 Å². The number of nitrogens with zero attached hydrogens (tertiary/aromatic N) is 1. The number of carboxylic acid groups (broad SMARTS) is 1. The van der Waals surface area contributed by atoms with E-state index < -0.39 is 17.6 Å². The Balaban J connectivity index is 2.49. The van der Waals surface area contributed by atoms with Crippen molar-refractivity contribution in [1.29, 1.82) is 0 Å². The summed E-state index contributed by atoms with van der Waals surface area (Å²) in [4.78, 5) is 14.6. The number of pyridine rings is 1. The molecule has 18 heavy (non-hydrogen) atoms. The number of aliphatic carboxylic acids is 1. The van der Waals surface area contributed by atoms with Crippen LogP contribution in [0.15, 0.2) is 36.5 Å². The maximum atomic E-state index is 13.1. The molecule has 0 atom stereocenters. The summed E-state index contributed by atoms with van der Waals surface area (Å²) in [6.07, 6.45) is 0.668. The molecule has 92 valence electrons. The van der Waals surface area contributed by atoms with Crippen LogP contribution in [0, 0.1) is 11.6 Å². The number of aromatic nitrogens is 1. The molecule has 0 radical (unpaired) electrons. The number of carbonyl (C=O) groups is 1. The maximum Gasteiger partial charge on any atom is 0.307 e. The Labute approximate surface area is 102 Å². The third-order valence-corrected chi connectivity index (χ3v) is 2.39. The van der Waals surface area contributed by atoms with E-state index in [0.29, 0.717) is 11.3 Å². The molecule has 0 aliphatic heterocycles. The van der Waals surface area contributed by atoms with Crippen molar-refractivity contribution in [2.24, 2.45) is 0 Å². The lowest BCUT2D eigenvalue weighted by Crippen LogP contribution is -2.04. The average Bonchev–Trinajstić information content (AvgIpc) is 2.30. The van der Waals surface area contributed by atoms with Gasteiger partial charge < -0.3 is 5.11 Å². The second kappa shape index (κ2) is 4.91. The van der Waals surface area contributed by atoms with E-state index >= 15 is 0 Å². The Kier molecular flexibility index (Phi) is 3.32. The molecule has 3 nitrogen and oxygen atoms in total. The van der Waals surface area contributed by atoms with Crippen LogP contribution in [0.5, 0.6) is 0 Å². The van der Waals surface area contributed by atoms with Gasteiger partial charge in [0.05, 0.1) is 18.3 Å². The molecule has 0 saturated heterocycles. The zero-order valence-corrected chi connectivity index (χ0v) is 9.23. The highest BCUT2D eigenvalue weighted by molar-refractivity contribution is 5.74. The average molecular weight is 249 g/mol. The van der Waals surface area contributed by atoms with Crippen LogP contribution in [0.3, 0.4) is 0 Å². The number of carboxylic acids is 1. The van der Waals surface area contributed by atoms with Gasteiger partial charge in [0, 0.05) is 5.56 Å². The fourth-order valence-corrected chi connectivity index (χ4v) is 1.65. The van der Waals surface area contributed by atoms with Crippen LogP contribution < -0.4 is 0 Å². The van der Waals surface area contributed by atoms with Crippen molar-refractivity contribution < 1.29 is 18.7 Å². The highest BCUT2D eigenvalue weighted by Crippen LogP contribution is 2.22. The fraction of sp³-hybridized carbons (Fsp3) is 0.0769. The molecule has 0 unspecified atom stereocenters. The number of halogens is 2. The molecule has 0 fully saturated rings. The van der Waals surface area contributed by atoms with Crippen molar-refractivity contribution >= 4 is 5.97 Å². The van der Waals surface area contributed by atoms with E-state index in [1.165, 1.54) is 24.3 Å². The molecule has 0 amide bonds. The standard InChI is InChI=1S/C13H9F2NO2/c14-10-3-1-8(2-4-10)13-9(6-12(17)18)5-11(15)7-16-13/h1-5,7H,6H2,(H,17,18). The van der Waals surface area contributed by atoms with E-state index in [9.17, 15) is 13.6 Å². The largest absolute Gasteiger partial charge is 0.481 e. The highest BCUT2D eigenvalue weighted by atomic mass is 19.1. The molecule has 5 heteroatoms. The van der Waals surface area contributed by atoms with E-state index in [4.69, 9.17) is 5.11 Å². The van der Waals surface area contributed by atoms with Crippen molar-refractivity contribution in [2.75, 3.05) is 0 Å². The number of rotatable bonds is 3. The lowest BCUT2D eigenvalue weighted by Gasteiger charge is -2.07. The summed E-state index contributed by atoms with van der Waals surface area (Å²) in [5.41, 5.74) is 1.15. The van der Waals surface area contributed by atoms with Gasteiger partial charge in [-0.2, -0.15) is 0 Å².